The molecular formula is C17H21N3O3S2. The number of nitrogens with one attached hydrogen (secondary N) is 2. The first kappa shape index (κ1) is 18.0. The van der Waals surface area contributed by atoms with E-state index in [0.29, 0.717) is 17.2 Å². The zero-order chi connectivity index (χ0) is 17.8. The molecular weight excluding hydrogens is 358 g/mol. The van der Waals surface area contributed by atoms with Gasteiger partial charge in [0.1, 0.15) is 0 Å². The van der Waals surface area contributed by atoms with E-state index in [1.165, 1.54) is 0 Å². The minimum Gasteiger partial charge on any atom is -0.409 e. The van der Waals surface area contributed by atoms with Gasteiger partial charge in [-0.1, -0.05) is 19.8 Å². The van der Waals surface area contributed by atoms with Crippen molar-refractivity contribution in [1.29, 1.82) is 0 Å². The number of nitrogens with zero attached hydrogens (tertiary/aromatic N) is 1. The fourth-order valence-corrected chi connectivity index (χ4v) is 4.71. The van der Waals surface area contributed by atoms with Crippen LogP contribution < -0.4 is 5.32 Å². The Balaban J connectivity index is 1.70. The van der Waals surface area contributed by atoms with Gasteiger partial charge in [-0.05, 0) is 49.3 Å². The molecule has 8 heteroatoms. The highest BCUT2D eigenvalue weighted by atomic mass is 32.2. The molecule has 25 heavy (non-hydrogen) atoms. The second-order valence-electron chi connectivity index (χ2n) is 6.07. The van der Waals surface area contributed by atoms with E-state index in [1.807, 2.05) is 6.92 Å². The van der Waals surface area contributed by atoms with Crippen molar-refractivity contribution in [2.24, 2.45) is 0 Å². The zero-order valence-electron chi connectivity index (χ0n) is 14.0. The van der Waals surface area contributed by atoms with Gasteiger partial charge >= 0.3 is 0 Å². The standard InChI is InChI=1S/C17H21N3O3S2/c1-2-25(22)14-6-4-3-5-13(14)18-15(21)11-7-9-12(10-8-11)16-19-20-17(24)23-16/h7-10,13-14H,2-6H2,1H3,(H,18,21)(H,20,24)/t13-,14-,25+/m0/s1. The molecule has 0 saturated heterocycles. The molecule has 0 bridgehead atoms. The van der Waals surface area contributed by atoms with Crippen molar-refractivity contribution in [3.63, 3.8) is 0 Å². The Morgan fingerprint density at radius 3 is 2.72 bits per heavy atom. The summed E-state index contributed by atoms with van der Waals surface area (Å²) in [6.07, 6.45) is 3.93. The van der Waals surface area contributed by atoms with Crippen LogP contribution in [0, 0.1) is 4.84 Å². The van der Waals surface area contributed by atoms with Crippen molar-refractivity contribution in [2.75, 3.05) is 5.75 Å². The van der Waals surface area contributed by atoms with E-state index in [4.69, 9.17) is 16.6 Å². The summed E-state index contributed by atoms with van der Waals surface area (Å²) in [6.45, 7) is 1.93. The normalized spacial score (nSPS) is 21.6. The topological polar surface area (TPSA) is 88.0 Å². The van der Waals surface area contributed by atoms with Crippen molar-refractivity contribution in [3.8, 4) is 11.5 Å². The summed E-state index contributed by atoms with van der Waals surface area (Å²) in [5, 5.41) is 9.65. The van der Waals surface area contributed by atoms with Gasteiger partial charge in [0.25, 0.3) is 10.7 Å². The maximum absolute atomic E-state index is 12.5. The second-order valence-corrected chi connectivity index (χ2v) is 8.38. The lowest BCUT2D eigenvalue weighted by molar-refractivity contribution is 0.0929. The molecule has 2 aromatic rings. The molecule has 0 radical (unpaired) electrons. The number of aromatic amines is 1. The minimum atomic E-state index is -0.891. The van der Waals surface area contributed by atoms with Crippen LogP contribution in [-0.4, -0.2) is 37.4 Å². The summed E-state index contributed by atoms with van der Waals surface area (Å²) in [5.74, 6) is 0.881. The molecule has 1 aliphatic rings. The average molecular weight is 380 g/mol. The summed E-state index contributed by atoms with van der Waals surface area (Å²) in [4.78, 5) is 12.8. The lowest BCUT2D eigenvalue weighted by Crippen LogP contribution is -2.47. The van der Waals surface area contributed by atoms with Crippen molar-refractivity contribution >= 4 is 28.9 Å². The van der Waals surface area contributed by atoms with Crippen LogP contribution in [0.25, 0.3) is 11.5 Å². The third kappa shape index (κ3) is 4.24. The first-order valence-corrected chi connectivity index (χ1v) is 10.2. The molecule has 1 aromatic heterocycles. The van der Waals surface area contributed by atoms with Gasteiger partial charge in [0.15, 0.2) is 0 Å². The number of rotatable bonds is 5. The zero-order valence-corrected chi connectivity index (χ0v) is 15.6. The molecule has 2 N–H and O–H groups in total. The average Bonchev–Trinajstić information content (AvgIpc) is 3.08. The predicted octanol–water partition coefficient (Wildman–Crippen LogP) is 3.21. The van der Waals surface area contributed by atoms with Crippen LogP contribution in [0.1, 0.15) is 43.0 Å². The predicted molar refractivity (Wildman–Crippen MR) is 99.3 cm³/mol. The highest BCUT2D eigenvalue weighted by Gasteiger charge is 2.30. The Hall–Kier alpha value is -1.80. The molecule has 1 aliphatic carbocycles. The van der Waals surface area contributed by atoms with Gasteiger partial charge in [0.2, 0.25) is 5.89 Å². The van der Waals surface area contributed by atoms with E-state index in [-0.39, 0.29) is 22.0 Å². The molecule has 3 atom stereocenters. The molecule has 6 nitrogen and oxygen atoms in total. The summed E-state index contributed by atoms with van der Waals surface area (Å²) in [7, 11) is -0.891. The number of hydrogen-bond donors (Lipinski definition) is 2. The van der Waals surface area contributed by atoms with Gasteiger partial charge in [-0.25, -0.2) is 5.10 Å². The lowest BCUT2D eigenvalue weighted by Gasteiger charge is -2.31. The monoisotopic (exact) mass is 379 g/mol. The molecule has 1 aromatic carbocycles. The smallest absolute Gasteiger partial charge is 0.284 e. The van der Waals surface area contributed by atoms with Crippen LogP contribution in [0.3, 0.4) is 0 Å². The Morgan fingerprint density at radius 1 is 1.36 bits per heavy atom. The molecule has 1 heterocycles. The fourth-order valence-electron chi connectivity index (χ4n) is 3.16. The molecule has 1 amide bonds. The van der Waals surface area contributed by atoms with Gasteiger partial charge in [0, 0.05) is 33.7 Å². The SMILES string of the molecule is CC[S@@](=O)[C@H]1CCCC[C@@H]1NC(=O)c1ccc(-c2n[nH]c(=S)o2)cc1. The van der Waals surface area contributed by atoms with Crippen LogP contribution in [0.4, 0.5) is 0 Å². The number of H-pyrrole nitrogens is 1. The Kier molecular flexibility index (Phi) is 5.80. The van der Waals surface area contributed by atoms with Crippen LogP contribution in [0.2, 0.25) is 0 Å². The number of amides is 1. The highest BCUT2D eigenvalue weighted by molar-refractivity contribution is 7.85. The molecule has 134 valence electrons. The Bertz CT molecular complexity index is 813. The minimum absolute atomic E-state index is 0.0224. The van der Waals surface area contributed by atoms with Gasteiger partial charge < -0.3 is 9.73 Å². The van der Waals surface area contributed by atoms with Gasteiger partial charge in [0.05, 0.1) is 5.25 Å². The maximum atomic E-state index is 12.5. The molecule has 0 spiro atoms. The number of hydrogen-bond acceptors (Lipinski definition) is 5. The van der Waals surface area contributed by atoms with E-state index < -0.39 is 10.8 Å². The molecule has 0 aliphatic heterocycles. The highest BCUT2D eigenvalue weighted by Crippen LogP contribution is 2.24. The van der Waals surface area contributed by atoms with Crippen LogP contribution in [0.15, 0.2) is 28.7 Å². The summed E-state index contributed by atoms with van der Waals surface area (Å²) in [5.41, 5.74) is 1.30. The first-order chi connectivity index (χ1) is 12.1. The summed E-state index contributed by atoms with van der Waals surface area (Å²) in [6, 6.07) is 6.97. The van der Waals surface area contributed by atoms with Gasteiger partial charge in [-0.2, -0.15) is 0 Å². The maximum Gasteiger partial charge on any atom is 0.284 e. The third-order valence-corrected chi connectivity index (χ3v) is 6.46. The van der Waals surface area contributed by atoms with E-state index in [2.05, 4.69) is 15.5 Å². The van der Waals surface area contributed by atoms with Crippen LogP contribution in [0.5, 0.6) is 0 Å². The molecule has 1 saturated carbocycles. The van der Waals surface area contributed by atoms with Crippen LogP contribution in [-0.2, 0) is 10.8 Å². The van der Waals surface area contributed by atoms with E-state index in [1.54, 1.807) is 24.3 Å². The number of carbonyl (C=O) groups is 1. The van der Waals surface area contributed by atoms with Crippen molar-refractivity contribution in [2.45, 2.75) is 43.9 Å². The Labute approximate surface area is 153 Å². The van der Waals surface area contributed by atoms with Crippen molar-refractivity contribution in [1.82, 2.24) is 15.5 Å². The van der Waals surface area contributed by atoms with Crippen LogP contribution >= 0.6 is 12.2 Å². The van der Waals surface area contributed by atoms with Crippen molar-refractivity contribution in [3.05, 3.63) is 34.7 Å². The first-order valence-electron chi connectivity index (χ1n) is 8.42. The molecule has 3 rings (SSSR count). The molecule has 0 unspecified atom stereocenters. The largest absolute Gasteiger partial charge is 0.409 e. The van der Waals surface area contributed by atoms with Gasteiger partial charge in [-0.15, -0.1) is 5.10 Å². The summed E-state index contributed by atoms with van der Waals surface area (Å²) < 4.78 is 17.5. The Morgan fingerprint density at radius 2 is 2.08 bits per heavy atom. The lowest BCUT2D eigenvalue weighted by atomic mass is 9.94. The second kappa shape index (κ2) is 8.05. The third-order valence-electron chi connectivity index (χ3n) is 4.47. The molecule has 1 fully saturated rings. The van der Waals surface area contributed by atoms with Gasteiger partial charge in [-0.3, -0.25) is 9.00 Å². The summed E-state index contributed by atoms with van der Waals surface area (Å²) >= 11 is 4.86. The van der Waals surface area contributed by atoms with E-state index in [9.17, 15) is 9.00 Å². The quantitative estimate of drug-likeness (QED) is 0.779. The van der Waals surface area contributed by atoms with E-state index in [0.717, 1.165) is 31.2 Å². The fraction of sp³-hybridized carbons (Fsp3) is 0.471. The van der Waals surface area contributed by atoms with E-state index >= 15 is 0 Å². The number of carbonyl (C=O) groups excluding carboxylic acids is 1. The van der Waals surface area contributed by atoms with Crippen molar-refractivity contribution < 1.29 is 13.4 Å². The number of aromatic nitrogens is 2. The number of benzene rings is 1.